The first-order valence-corrected chi connectivity index (χ1v) is 7.11. The van der Waals surface area contributed by atoms with Crippen LogP contribution in [0, 0.1) is 0 Å². The molecule has 0 aromatic rings. The summed E-state index contributed by atoms with van der Waals surface area (Å²) in [6, 6.07) is 0.242. The van der Waals surface area contributed by atoms with Gasteiger partial charge in [0, 0.05) is 11.6 Å². The van der Waals surface area contributed by atoms with Crippen molar-refractivity contribution in [3.8, 4) is 0 Å². The number of hydrogen-bond acceptors (Lipinski definition) is 3. The van der Waals surface area contributed by atoms with Crippen LogP contribution >= 0.6 is 0 Å². The number of carboxylic acids is 1. The zero-order chi connectivity index (χ0) is 14.5. The van der Waals surface area contributed by atoms with Gasteiger partial charge in [-0.1, -0.05) is 19.8 Å². The fourth-order valence-electron chi connectivity index (χ4n) is 2.45. The van der Waals surface area contributed by atoms with E-state index in [1.807, 2.05) is 20.8 Å². The van der Waals surface area contributed by atoms with Crippen molar-refractivity contribution in [2.24, 2.45) is 0 Å². The van der Waals surface area contributed by atoms with Crippen LogP contribution in [0.4, 0.5) is 0 Å². The lowest BCUT2D eigenvalue weighted by atomic mass is 10.0. The average molecular weight is 270 g/mol. The molecule has 1 saturated carbocycles. The van der Waals surface area contributed by atoms with Crippen LogP contribution in [0.2, 0.25) is 0 Å². The van der Waals surface area contributed by atoms with E-state index in [-0.39, 0.29) is 30.6 Å². The van der Waals surface area contributed by atoms with E-state index in [1.165, 1.54) is 0 Å². The molecule has 2 N–H and O–H groups in total. The SMILES string of the molecule is CCC(C)(C)NC(=O)CN(CC(=O)O)C1CCCC1. The van der Waals surface area contributed by atoms with Crippen molar-refractivity contribution < 1.29 is 14.7 Å². The highest BCUT2D eigenvalue weighted by Gasteiger charge is 2.27. The molecule has 1 aliphatic carbocycles. The number of hydrogen-bond donors (Lipinski definition) is 2. The molecule has 0 unspecified atom stereocenters. The lowest BCUT2D eigenvalue weighted by Crippen LogP contribution is -2.50. The van der Waals surface area contributed by atoms with Crippen LogP contribution in [0.5, 0.6) is 0 Å². The van der Waals surface area contributed by atoms with E-state index >= 15 is 0 Å². The smallest absolute Gasteiger partial charge is 0.317 e. The summed E-state index contributed by atoms with van der Waals surface area (Å²) in [7, 11) is 0. The molecular weight excluding hydrogens is 244 g/mol. The molecule has 110 valence electrons. The third kappa shape index (κ3) is 5.59. The van der Waals surface area contributed by atoms with E-state index in [9.17, 15) is 9.59 Å². The lowest BCUT2D eigenvalue weighted by molar-refractivity contribution is -0.139. The first-order chi connectivity index (χ1) is 8.84. The minimum atomic E-state index is -0.866. The molecule has 0 heterocycles. The van der Waals surface area contributed by atoms with Gasteiger partial charge in [0.15, 0.2) is 0 Å². The van der Waals surface area contributed by atoms with Gasteiger partial charge in [-0.15, -0.1) is 0 Å². The topological polar surface area (TPSA) is 69.6 Å². The molecule has 5 heteroatoms. The summed E-state index contributed by atoms with van der Waals surface area (Å²) in [6.45, 7) is 6.10. The van der Waals surface area contributed by atoms with Crippen molar-refractivity contribution in [2.45, 2.75) is 64.5 Å². The normalized spacial score (nSPS) is 16.8. The quantitative estimate of drug-likeness (QED) is 0.737. The number of rotatable bonds is 7. The predicted octanol–water partition coefficient (Wildman–Crippen LogP) is 1.62. The number of carbonyl (C=O) groups excluding carboxylic acids is 1. The number of aliphatic carboxylic acids is 1. The van der Waals surface area contributed by atoms with Gasteiger partial charge in [0.25, 0.3) is 0 Å². The van der Waals surface area contributed by atoms with Gasteiger partial charge in [0.1, 0.15) is 0 Å². The number of nitrogens with zero attached hydrogens (tertiary/aromatic N) is 1. The minimum absolute atomic E-state index is 0.0510. The molecule has 0 aromatic carbocycles. The van der Waals surface area contributed by atoms with Crippen molar-refractivity contribution in [3.63, 3.8) is 0 Å². The molecule has 0 spiro atoms. The van der Waals surface area contributed by atoms with Gasteiger partial charge in [-0.3, -0.25) is 14.5 Å². The van der Waals surface area contributed by atoms with E-state index in [0.29, 0.717) is 0 Å². The average Bonchev–Trinajstić information content (AvgIpc) is 2.80. The Morgan fingerprint density at radius 2 is 1.84 bits per heavy atom. The molecule has 1 fully saturated rings. The van der Waals surface area contributed by atoms with E-state index < -0.39 is 5.97 Å². The highest BCUT2D eigenvalue weighted by Crippen LogP contribution is 2.23. The first-order valence-electron chi connectivity index (χ1n) is 7.11. The Morgan fingerprint density at radius 3 is 2.32 bits per heavy atom. The Morgan fingerprint density at radius 1 is 1.26 bits per heavy atom. The summed E-state index contributed by atoms with van der Waals surface area (Å²) in [4.78, 5) is 24.7. The molecule has 0 aliphatic heterocycles. The second-order valence-electron chi connectivity index (χ2n) is 6.02. The summed E-state index contributed by atoms with van der Waals surface area (Å²) in [6.07, 6.45) is 5.10. The third-order valence-corrected chi connectivity index (χ3v) is 3.89. The molecule has 19 heavy (non-hydrogen) atoms. The van der Waals surface area contributed by atoms with Gasteiger partial charge in [-0.05, 0) is 33.1 Å². The minimum Gasteiger partial charge on any atom is -0.480 e. The van der Waals surface area contributed by atoms with Crippen molar-refractivity contribution in [2.75, 3.05) is 13.1 Å². The zero-order valence-electron chi connectivity index (χ0n) is 12.2. The second kappa shape index (κ2) is 6.89. The molecule has 0 aromatic heterocycles. The highest BCUT2D eigenvalue weighted by atomic mass is 16.4. The first kappa shape index (κ1) is 16.0. The van der Waals surface area contributed by atoms with E-state index in [4.69, 9.17) is 5.11 Å². The van der Waals surface area contributed by atoms with Crippen LogP contribution in [-0.2, 0) is 9.59 Å². The second-order valence-corrected chi connectivity index (χ2v) is 6.02. The number of carbonyl (C=O) groups is 2. The molecule has 0 radical (unpaired) electrons. The lowest BCUT2D eigenvalue weighted by Gasteiger charge is -2.30. The third-order valence-electron chi connectivity index (χ3n) is 3.89. The summed E-state index contributed by atoms with van der Waals surface area (Å²) in [5, 5.41) is 11.9. The fourth-order valence-corrected chi connectivity index (χ4v) is 2.45. The molecule has 1 aliphatic rings. The van der Waals surface area contributed by atoms with Gasteiger partial charge in [-0.25, -0.2) is 0 Å². The summed E-state index contributed by atoms with van der Waals surface area (Å²) in [5.41, 5.74) is -0.234. The maximum Gasteiger partial charge on any atom is 0.317 e. The van der Waals surface area contributed by atoms with Crippen molar-refractivity contribution in [1.29, 1.82) is 0 Å². The molecule has 0 bridgehead atoms. The Kier molecular flexibility index (Phi) is 5.79. The van der Waals surface area contributed by atoms with Gasteiger partial charge in [-0.2, -0.15) is 0 Å². The van der Waals surface area contributed by atoms with Crippen LogP contribution in [0.15, 0.2) is 0 Å². The van der Waals surface area contributed by atoms with Gasteiger partial charge in [0.2, 0.25) is 5.91 Å². The molecule has 1 amide bonds. The monoisotopic (exact) mass is 270 g/mol. The van der Waals surface area contributed by atoms with Crippen molar-refractivity contribution in [3.05, 3.63) is 0 Å². The van der Waals surface area contributed by atoms with E-state index in [0.717, 1.165) is 32.1 Å². The van der Waals surface area contributed by atoms with Crippen LogP contribution in [0.25, 0.3) is 0 Å². The summed E-state index contributed by atoms with van der Waals surface area (Å²) < 4.78 is 0. The van der Waals surface area contributed by atoms with E-state index in [2.05, 4.69) is 5.32 Å². The Hall–Kier alpha value is -1.10. The van der Waals surface area contributed by atoms with E-state index in [1.54, 1.807) is 4.90 Å². The maximum absolute atomic E-state index is 12.0. The van der Waals surface area contributed by atoms with Crippen molar-refractivity contribution in [1.82, 2.24) is 10.2 Å². The van der Waals surface area contributed by atoms with Crippen LogP contribution in [0.3, 0.4) is 0 Å². The molecule has 5 nitrogen and oxygen atoms in total. The predicted molar refractivity (Wildman–Crippen MR) is 74.0 cm³/mol. The standard InChI is InChI=1S/C14H26N2O3/c1-4-14(2,3)15-12(17)9-16(10-13(18)19)11-7-5-6-8-11/h11H,4-10H2,1-3H3,(H,15,17)(H,18,19). The van der Waals surface area contributed by atoms with Gasteiger partial charge < -0.3 is 10.4 Å². The van der Waals surface area contributed by atoms with Crippen molar-refractivity contribution >= 4 is 11.9 Å². The molecule has 0 saturated heterocycles. The number of nitrogens with one attached hydrogen (secondary N) is 1. The Balaban J connectivity index is 2.56. The van der Waals surface area contributed by atoms with Crippen LogP contribution in [-0.4, -0.2) is 46.6 Å². The van der Waals surface area contributed by atoms with Gasteiger partial charge in [0.05, 0.1) is 13.1 Å². The molecular formula is C14H26N2O3. The summed E-state index contributed by atoms with van der Waals surface area (Å²) >= 11 is 0. The summed E-state index contributed by atoms with van der Waals surface area (Å²) in [5.74, 6) is -0.950. The maximum atomic E-state index is 12.0. The number of carboxylic acid groups (broad SMARTS) is 1. The highest BCUT2D eigenvalue weighted by molar-refractivity contribution is 5.79. The van der Waals surface area contributed by atoms with Gasteiger partial charge >= 0.3 is 5.97 Å². The molecule has 0 atom stereocenters. The van der Waals surface area contributed by atoms with Crippen LogP contribution < -0.4 is 5.32 Å². The fraction of sp³-hybridized carbons (Fsp3) is 0.857. The zero-order valence-corrected chi connectivity index (χ0v) is 12.2. The Bertz CT molecular complexity index is 323. The number of amides is 1. The Labute approximate surface area is 115 Å². The van der Waals surface area contributed by atoms with Crippen LogP contribution in [0.1, 0.15) is 52.9 Å². The largest absolute Gasteiger partial charge is 0.480 e. The molecule has 1 rings (SSSR count).